The van der Waals surface area contributed by atoms with Crippen molar-refractivity contribution in [3.05, 3.63) is 46.6 Å². The summed E-state index contributed by atoms with van der Waals surface area (Å²) in [5.74, 6) is -0.259. The van der Waals surface area contributed by atoms with E-state index in [0.29, 0.717) is 11.3 Å². The smallest absolute Gasteiger partial charge is 0.229 e. The van der Waals surface area contributed by atoms with Crippen LogP contribution in [0.4, 0.5) is 0 Å². The van der Waals surface area contributed by atoms with E-state index in [9.17, 15) is 30.3 Å². The van der Waals surface area contributed by atoms with E-state index in [4.69, 9.17) is 18.6 Å². The van der Waals surface area contributed by atoms with E-state index in [-0.39, 0.29) is 34.0 Å². The molecule has 1 aliphatic rings. The first-order valence-corrected chi connectivity index (χ1v) is 9.74. The molecule has 10 heteroatoms. The van der Waals surface area contributed by atoms with Gasteiger partial charge in [0.1, 0.15) is 46.5 Å². The highest BCUT2D eigenvalue weighted by Gasteiger charge is 2.43. The second-order valence-electron chi connectivity index (χ2n) is 7.48. The Hall–Kier alpha value is -3.31. The summed E-state index contributed by atoms with van der Waals surface area (Å²) in [6, 6.07) is 8.09. The Labute approximate surface area is 181 Å². The second kappa shape index (κ2) is 8.32. The van der Waals surface area contributed by atoms with Crippen LogP contribution < -0.4 is 14.9 Å². The third kappa shape index (κ3) is 3.84. The van der Waals surface area contributed by atoms with Crippen molar-refractivity contribution in [3.63, 3.8) is 0 Å². The summed E-state index contributed by atoms with van der Waals surface area (Å²) in [4.78, 5) is 12.5. The van der Waals surface area contributed by atoms with Crippen LogP contribution in [0.15, 0.2) is 45.6 Å². The lowest BCUT2D eigenvalue weighted by atomic mass is 10.00. The molecule has 2 aromatic carbocycles. The van der Waals surface area contributed by atoms with Gasteiger partial charge in [0.05, 0.1) is 13.2 Å². The number of fused-ring (bicyclic) bond motifs is 1. The number of rotatable bonds is 4. The maximum Gasteiger partial charge on any atom is 0.229 e. The minimum Gasteiger partial charge on any atom is -0.507 e. The first kappa shape index (κ1) is 21.9. The van der Waals surface area contributed by atoms with Gasteiger partial charge in [-0.25, -0.2) is 0 Å². The predicted molar refractivity (Wildman–Crippen MR) is 111 cm³/mol. The van der Waals surface area contributed by atoms with Gasteiger partial charge in [0.25, 0.3) is 0 Å². The molecule has 1 saturated heterocycles. The van der Waals surface area contributed by atoms with Crippen LogP contribution in [0.2, 0.25) is 0 Å². The quantitative estimate of drug-likeness (QED) is 0.393. The Balaban J connectivity index is 1.65. The fourth-order valence-corrected chi connectivity index (χ4v) is 3.51. The summed E-state index contributed by atoms with van der Waals surface area (Å²) >= 11 is 0. The van der Waals surface area contributed by atoms with E-state index in [1.165, 1.54) is 50.4 Å². The van der Waals surface area contributed by atoms with Gasteiger partial charge in [-0.3, -0.25) is 4.79 Å². The normalized spacial score (nSPS) is 25.6. The van der Waals surface area contributed by atoms with Crippen LogP contribution in [-0.4, -0.2) is 63.3 Å². The molecule has 170 valence electrons. The van der Waals surface area contributed by atoms with E-state index in [0.717, 1.165) is 0 Å². The maximum atomic E-state index is 12.5. The molecule has 0 bridgehead atoms. The fraction of sp³-hybridized carbons (Fsp3) is 0.318. The molecule has 10 nitrogen and oxygen atoms in total. The second-order valence-corrected chi connectivity index (χ2v) is 7.48. The van der Waals surface area contributed by atoms with Gasteiger partial charge in [0.2, 0.25) is 6.29 Å². The zero-order valence-corrected chi connectivity index (χ0v) is 17.1. The van der Waals surface area contributed by atoms with E-state index in [1.54, 1.807) is 0 Å². The number of phenols is 2. The molecule has 0 spiro atoms. The van der Waals surface area contributed by atoms with Crippen molar-refractivity contribution in [1.29, 1.82) is 0 Å². The van der Waals surface area contributed by atoms with Gasteiger partial charge in [0, 0.05) is 23.8 Å². The molecule has 4 rings (SSSR count). The summed E-state index contributed by atoms with van der Waals surface area (Å²) in [5.41, 5.74) is -0.0454. The molecule has 1 aromatic heterocycles. The van der Waals surface area contributed by atoms with Crippen LogP contribution in [0.5, 0.6) is 23.0 Å². The molecule has 32 heavy (non-hydrogen) atoms. The van der Waals surface area contributed by atoms with Gasteiger partial charge in [-0.05, 0) is 25.1 Å². The Morgan fingerprint density at radius 2 is 1.69 bits per heavy atom. The van der Waals surface area contributed by atoms with Crippen molar-refractivity contribution in [2.75, 3.05) is 7.11 Å². The van der Waals surface area contributed by atoms with Crippen molar-refractivity contribution >= 4 is 11.0 Å². The van der Waals surface area contributed by atoms with E-state index in [2.05, 4.69) is 0 Å². The van der Waals surface area contributed by atoms with Gasteiger partial charge >= 0.3 is 0 Å². The van der Waals surface area contributed by atoms with Gasteiger partial charge in [-0.15, -0.1) is 0 Å². The molecular weight excluding hydrogens is 424 g/mol. The first-order chi connectivity index (χ1) is 15.2. The van der Waals surface area contributed by atoms with Crippen LogP contribution in [0.25, 0.3) is 22.3 Å². The summed E-state index contributed by atoms with van der Waals surface area (Å²) in [6.07, 6.45) is -6.43. The van der Waals surface area contributed by atoms with Crippen LogP contribution in [-0.2, 0) is 4.74 Å². The highest BCUT2D eigenvalue weighted by Crippen LogP contribution is 2.36. The SMILES string of the molecule is COc1cc(O)c2c(=O)cc(-c3ccc(OC4OC(C)C(O)C(O)C4O)c(O)c3)oc2c1. The molecule has 0 radical (unpaired) electrons. The zero-order valence-electron chi connectivity index (χ0n) is 17.1. The summed E-state index contributed by atoms with van der Waals surface area (Å²) in [6.45, 7) is 1.51. The van der Waals surface area contributed by atoms with Crippen molar-refractivity contribution in [1.82, 2.24) is 0 Å². The maximum absolute atomic E-state index is 12.5. The van der Waals surface area contributed by atoms with E-state index < -0.39 is 36.1 Å². The standard InChI is InChI=1S/C22H22O10/c1-9-19(26)20(27)21(28)22(30-9)32-15-4-3-10(5-12(15)23)16-8-14(25)18-13(24)6-11(29-2)7-17(18)31-16/h3-9,19-24,26-28H,1-2H3. The fourth-order valence-electron chi connectivity index (χ4n) is 3.51. The molecule has 0 saturated carbocycles. The van der Waals surface area contributed by atoms with Crippen LogP contribution in [0, 0.1) is 0 Å². The largest absolute Gasteiger partial charge is 0.507 e. The number of hydrogen-bond donors (Lipinski definition) is 5. The van der Waals surface area contributed by atoms with Gasteiger partial charge in [0.15, 0.2) is 16.9 Å². The molecule has 0 aliphatic carbocycles. The molecule has 1 aliphatic heterocycles. The summed E-state index contributed by atoms with van der Waals surface area (Å²) in [7, 11) is 1.41. The molecule has 2 heterocycles. The summed E-state index contributed by atoms with van der Waals surface area (Å²) in [5, 5.41) is 50.2. The molecular formula is C22H22O10. The number of hydrogen-bond acceptors (Lipinski definition) is 10. The molecule has 3 aromatic rings. The van der Waals surface area contributed by atoms with Crippen molar-refractivity contribution in [3.8, 4) is 34.3 Å². The van der Waals surface area contributed by atoms with Crippen molar-refractivity contribution in [2.45, 2.75) is 37.6 Å². The minimum atomic E-state index is -1.54. The molecule has 0 amide bonds. The third-order valence-corrected chi connectivity index (χ3v) is 5.31. The molecule has 5 atom stereocenters. The monoisotopic (exact) mass is 446 g/mol. The number of methoxy groups -OCH3 is 1. The molecule has 5 unspecified atom stereocenters. The summed E-state index contributed by atoms with van der Waals surface area (Å²) < 4.78 is 21.7. The Bertz CT molecular complexity index is 1200. The van der Waals surface area contributed by atoms with Crippen LogP contribution >= 0.6 is 0 Å². The Kier molecular flexibility index (Phi) is 5.70. The zero-order chi connectivity index (χ0) is 23.2. The number of aliphatic hydroxyl groups is 3. The van der Waals surface area contributed by atoms with Crippen molar-refractivity contribution in [2.24, 2.45) is 0 Å². The van der Waals surface area contributed by atoms with E-state index in [1.807, 2.05) is 0 Å². The topological polar surface area (TPSA) is 159 Å². The predicted octanol–water partition coefficient (Wildman–Crippen LogP) is 1.09. The van der Waals surface area contributed by atoms with Gasteiger partial charge in [-0.2, -0.15) is 0 Å². The lowest BCUT2D eigenvalue weighted by Gasteiger charge is -2.38. The number of benzene rings is 2. The highest BCUT2D eigenvalue weighted by atomic mass is 16.7. The number of aromatic hydroxyl groups is 2. The number of aliphatic hydroxyl groups excluding tert-OH is 3. The van der Waals surface area contributed by atoms with Crippen LogP contribution in [0.1, 0.15) is 6.92 Å². The number of phenolic OH excluding ortho intramolecular Hbond substituents is 2. The first-order valence-electron chi connectivity index (χ1n) is 9.74. The Morgan fingerprint density at radius 3 is 2.38 bits per heavy atom. The van der Waals surface area contributed by atoms with E-state index >= 15 is 0 Å². The van der Waals surface area contributed by atoms with Gasteiger partial charge < -0.3 is 44.2 Å². The Morgan fingerprint density at radius 1 is 0.938 bits per heavy atom. The minimum absolute atomic E-state index is 0.00275. The number of ether oxygens (including phenoxy) is 3. The lowest BCUT2D eigenvalue weighted by molar-refractivity contribution is -0.268. The van der Waals surface area contributed by atoms with Crippen molar-refractivity contribution < 1.29 is 44.2 Å². The van der Waals surface area contributed by atoms with Crippen LogP contribution in [0.3, 0.4) is 0 Å². The average Bonchev–Trinajstić information content (AvgIpc) is 2.76. The van der Waals surface area contributed by atoms with Gasteiger partial charge in [-0.1, -0.05) is 0 Å². The highest BCUT2D eigenvalue weighted by molar-refractivity contribution is 5.86. The lowest BCUT2D eigenvalue weighted by Crippen LogP contribution is -2.58. The average molecular weight is 446 g/mol. The third-order valence-electron chi connectivity index (χ3n) is 5.31. The molecule has 1 fully saturated rings. The molecule has 5 N–H and O–H groups in total.